The summed E-state index contributed by atoms with van der Waals surface area (Å²) in [6.07, 6.45) is -0.368. The summed E-state index contributed by atoms with van der Waals surface area (Å²) in [6.45, 7) is 1.70. The van der Waals surface area contributed by atoms with E-state index in [9.17, 15) is 29.4 Å². The van der Waals surface area contributed by atoms with Crippen molar-refractivity contribution >= 4 is 35.5 Å². The predicted molar refractivity (Wildman–Crippen MR) is 105 cm³/mol. The van der Waals surface area contributed by atoms with Gasteiger partial charge in [0.05, 0.1) is 23.5 Å². The van der Waals surface area contributed by atoms with E-state index in [1.807, 2.05) is 0 Å². The van der Waals surface area contributed by atoms with Gasteiger partial charge in [-0.05, 0) is 24.6 Å². The van der Waals surface area contributed by atoms with Crippen molar-refractivity contribution in [2.45, 2.75) is 37.8 Å². The van der Waals surface area contributed by atoms with Gasteiger partial charge in [0.1, 0.15) is 23.4 Å². The molecule has 0 radical (unpaired) electrons. The van der Waals surface area contributed by atoms with Crippen molar-refractivity contribution in [3.05, 3.63) is 40.4 Å². The first-order valence-corrected chi connectivity index (χ1v) is 10.3. The molecular formula is C20H20N2O7S. The molecule has 3 amide bonds. The molecule has 3 heterocycles. The molecule has 0 aromatic heterocycles. The molecule has 2 fully saturated rings. The van der Waals surface area contributed by atoms with Crippen LogP contribution in [0.5, 0.6) is 5.75 Å². The summed E-state index contributed by atoms with van der Waals surface area (Å²) >= 11 is 1.22. The van der Waals surface area contributed by atoms with Gasteiger partial charge in [0.15, 0.2) is 0 Å². The Morgan fingerprint density at radius 2 is 1.83 bits per heavy atom. The number of ether oxygens (including phenoxy) is 1. The second-order valence-corrected chi connectivity index (χ2v) is 8.58. The number of thioether (sulfide) groups is 1. The van der Waals surface area contributed by atoms with Crippen molar-refractivity contribution in [1.29, 1.82) is 0 Å². The lowest BCUT2D eigenvalue weighted by molar-refractivity contribution is -0.156. The van der Waals surface area contributed by atoms with E-state index >= 15 is 0 Å². The molecule has 0 aliphatic carbocycles. The molecule has 2 N–H and O–H groups in total. The van der Waals surface area contributed by atoms with Gasteiger partial charge >= 0.3 is 5.97 Å². The number of carbonyl (C=O) groups is 4. The zero-order valence-corrected chi connectivity index (χ0v) is 16.9. The van der Waals surface area contributed by atoms with Crippen molar-refractivity contribution in [2.24, 2.45) is 5.92 Å². The van der Waals surface area contributed by atoms with Crippen LogP contribution in [0.25, 0.3) is 0 Å². The lowest BCUT2D eigenvalue weighted by atomic mass is 9.92. The SMILES string of the molecule is C[C@@H](O)[C@H]1C(=O)N2C(C(=O)O)=C(COc3ccc(CN4C(=O)CCC4=O)cc3)S[C@H]12. The quantitative estimate of drug-likeness (QED) is 0.482. The molecule has 3 atom stereocenters. The highest BCUT2D eigenvalue weighted by atomic mass is 32.2. The number of aliphatic carboxylic acids is 1. The monoisotopic (exact) mass is 432 g/mol. The average Bonchev–Trinajstić information content (AvgIpc) is 3.19. The van der Waals surface area contributed by atoms with E-state index in [0.29, 0.717) is 10.7 Å². The number of hydrogen-bond donors (Lipinski definition) is 2. The van der Waals surface area contributed by atoms with Crippen molar-refractivity contribution in [3.63, 3.8) is 0 Å². The van der Waals surface area contributed by atoms with Gasteiger partial charge in [-0.1, -0.05) is 23.9 Å². The van der Waals surface area contributed by atoms with Crippen LogP contribution in [0.3, 0.4) is 0 Å². The highest BCUT2D eigenvalue weighted by Gasteiger charge is 2.57. The maximum Gasteiger partial charge on any atom is 0.353 e. The van der Waals surface area contributed by atoms with E-state index in [1.54, 1.807) is 24.3 Å². The third-order valence-corrected chi connectivity index (χ3v) is 6.70. The topological polar surface area (TPSA) is 124 Å². The fourth-order valence-electron chi connectivity index (χ4n) is 3.78. The molecule has 10 heteroatoms. The Morgan fingerprint density at radius 3 is 2.40 bits per heavy atom. The molecule has 0 unspecified atom stereocenters. The predicted octanol–water partition coefficient (Wildman–Crippen LogP) is 0.923. The Bertz CT molecular complexity index is 940. The summed E-state index contributed by atoms with van der Waals surface area (Å²) < 4.78 is 5.70. The number of carbonyl (C=O) groups excluding carboxylic acids is 3. The standard InChI is InChI=1S/C20H20N2O7S/c1-10(23)16-18(26)22-17(20(27)28)13(30-19(16)22)9-29-12-4-2-11(3-5-12)8-21-14(24)6-7-15(21)25/h2-5,10,16,19,23H,6-9H2,1H3,(H,27,28)/t10-,16+,19-/m1/s1. The lowest BCUT2D eigenvalue weighted by Gasteiger charge is -2.43. The minimum Gasteiger partial charge on any atom is -0.488 e. The largest absolute Gasteiger partial charge is 0.488 e. The highest BCUT2D eigenvalue weighted by Crippen LogP contribution is 2.50. The number of likely N-dealkylation sites (tertiary alicyclic amines) is 1. The number of carboxylic acids is 1. The molecule has 158 valence electrons. The number of nitrogens with zero attached hydrogens (tertiary/aromatic N) is 2. The molecule has 0 bridgehead atoms. The normalized spacial score (nSPS) is 24.3. The number of rotatable bonds is 7. The Kier molecular flexibility index (Phi) is 5.29. The molecule has 3 aliphatic rings. The Labute approximate surface area is 176 Å². The van der Waals surface area contributed by atoms with Crippen LogP contribution < -0.4 is 4.74 Å². The summed E-state index contributed by atoms with van der Waals surface area (Å²) in [5, 5.41) is 18.9. The molecule has 0 spiro atoms. The molecule has 9 nitrogen and oxygen atoms in total. The Morgan fingerprint density at radius 1 is 1.20 bits per heavy atom. The summed E-state index contributed by atoms with van der Waals surface area (Å²) in [5.74, 6) is -2.11. The summed E-state index contributed by atoms with van der Waals surface area (Å²) in [6, 6.07) is 6.84. The van der Waals surface area contributed by atoms with Crippen LogP contribution >= 0.6 is 11.8 Å². The zero-order valence-electron chi connectivity index (χ0n) is 16.1. The van der Waals surface area contributed by atoms with E-state index in [2.05, 4.69) is 0 Å². The fraction of sp³-hybridized carbons (Fsp3) is 0.400. The van der Waals surface area contributed by atoms with Gasteiger partial charge < -0.3 is 14.9 Å². The van der Waals surface area contributed by atoms with Gasteiger partial charge in [0.2, 0.25) is 17.7 Å². The summed E-state index contributed by atoms with van der Waals surface area (Å²) in [4.78, 5) is 50.2. The number of fused-ring (bicyclic) bond motifs is 1. The number of aliphatic hydroxyl groups is 1. The molecule has 1 aromatic carbocycles. The summed E-state index contributed by atoms with van der Waals surface area (Å²) in [5.41, 5.74) is 0.677. The average molecular weight is 432 g/mol. The van der Waals surface area contributed by atoms with E-state index < -0.39 is 29.3 Å². The first-order chi connectivity index (χ1) is 14.3. The second-order valence-electron chi connectivity index (χ2n) is 7.37. The van der Waals surface area contributed by atoms with Crippen LogP contribution in [0.1, 0.15) is 25.3 Å². The number of carboxylic acid groups (broad SMARTS) is 1. The maximum atomic E-state index is 12.2. The van der Waals surface area contributed by atoms with Gasteiger partial charge in [-0.2, -0.15) is 0 Å². The molecule has 2 saturated heterocycles. The number of aliphatic hydroxyl groups excluding tert-OH is 1. The van der Waals surface area contributed by atoms with Crippen molar-refractivity contribution in [2.75, 3.05) is 6.61 Å². The number of imide groups is 1. The number of β-lactam (4-membered cyclic amide) rings is 1. The molecule has 4 rings (SSSR count). The number of benzene rings is 1. The van der Waals surface area contributed by atoms with Gasteiger partial charge in [-0.15, -0.1) is 0 Å². The second kappa shape index (κ2) is 7.77. The van der Waals surface area contributed by atoms with Crippen LogP contribution in [0.2, 0.25) is 0 Å². The van der Waals surface area contributed by atoms with E-state index in [4.69, 9.17) is 4.74 Å². The number of amides is 3. The number of hydrogen-bond acceptors (Lipinski definition) is 7. The molecular weight excluding hydrogens is 412 g/mol. The smallest absolute Gasteiger partial charge is 0.353 e. The minimum atomic E-state index is -1.21. The molecule has 3 aliphatic heterocycles. The highest BCUT2D eigenvalue weighted by molar-refractivity contribution is 8.04. The first kappa shape index (κ1) is 20.4. The van der Waals surface area contributed by atoms with Crippen LogP contribution in [-0.4, -0.2) is 61.8 Å². The Hall–Kier alpha value is -2.85. The van der Waals surface area contributed by atoms with Gasteiger partial charge in [0, 0.05) is 12.8 Å². The molecule has 1 aromatic rings. The zero-order chi connectivity index (χ0) is 21.6. The lowest BCUT2D eigenvalue weighted by Crippen LogP contribution is -2.60. The summed E-state index contributed by atoms with van der Waals surface area (Å²) in [7, 11) is 0. The van der Waals surface area contributed by atoms with E-state index in [1.165, 1.54) is 28.5 Å². The van der Waals surface area contributed by atoms with Crippen LogP contribution in [-0.2, 0) is 25.7 Å². The minimum absolute atomic E-state index is 0.0262. The Balaban J connectivity index is 1.41. The third-order valence-electron chi connectivity index (χ3n) is 5.36. The van der Waals surface area contributed by atoms with E-state index in [-0.39, 0.29) is 43.5 Å². The maximum absolute atomic E-state index is 12.2. The fourth-order valence-corrected chi connectivity index (χ4v) is 5.30. The van der Waals surface area contributed by atoms with Crippen molar-refractivity contribution in [1.82, 2.24) is 9.80 Å². The van der Waals surface area contributed by atoms with Gasteiger partial charge in [-0.3, -0.25) is 24.2 Å². The van der Waals surface area contributed by atoms with Crippen molar-refractivity contribution in [3.8, 4) is 5.75 Å². The van der Waals surface area contributed by atoms with Crippen LogP contribution in [0.15, 0.2) is 34.9 Å². The van der Waals surface area contributed by atoms with E-state index in [0.717, 1.165) is 5.56 Å². The third kappa shape index (κ3) is 3.46. The van der Waals surface area contributed by atoms with Crippen molar-refractivity contribution < 1.29 is 34.1 Å². The van der Waals surface area contributed by atoms with Gasteiger partial charge in [-0.25, -0.2) is 4.79 Å². The molecule has 30 heavy (non-hydrogen) atoms. The first-order valence-electron chi connectivity index (χ1n) is 9.47. The van der Waals surface area contributed by atoms with Crippen LogP contribution in [0, 0.1) is 5.92 Å². The molecule has 0 saturated carbocycles. The van der Waals surface area contributed by atoms with Gasteiger partial charge in [0.25, 0.3) is 0 Å². The van der Waals surface area contributed by atoms with Crippen LogP contribution in [0.4, 0.5) is 0 Å².